The molecule has 0 amide bonds. The fraction of sp³-hybridized carbons (Fsp3) is 0.0588. The third kappa shape index (κ3) is 1.29. The summed E-state index contributed by atoms with van der Waals surface area (Å²) in [7, 11) is 0. The summed E-state index contributed by atoms with van der Waals surface area (Å²) < 4.78 is 0. The Hall–Kier alpha value is -2.68. The lowest BCUT2D eigenvalue weighted by atomic mass is 9.94. The molecule has 3 aromatic carbocycles. The highest BCUT2D eigenvalue weighted by Crippen LogP contribution is 2.46. The van der Waals surface area contributed by atoms with Crippen molar-refractivity contribution in [2.24, 2.45) is 0 Å². The van der Waals surface area contributed by atoms with Crippen molar-refractivity contribution in [2.45, 2.75) is 6.42 Å². The lowest BCUT2D eigenvalue weighted by molar-refractivity contribution is 0.412. The molecule has 0 unspecified atom stereocenters. The smallest absolute Gasteiger partial charge is 0.166 e. The SMILES string of the molecule is Oc1ccc2c(c1)c(O)c(O)c1c3c(ccc12)C=CC3. The summed E-state index contributed by atoms with van der Waals surface area (Å²) in [6.07, 6.45) is 4.82. The molecule has 0 fully saturated rings. The summed E-state index contributed by atoms with van der Waals surface area (Å²) in [5.74, 6) is -0.225. The second kappa shape index (κ2) is 3.67. The molecule has 0 heterocycles. The quantitative estimate of drug-likeness (QED) is 0.429. The van der Waals surface area contributed by atoms with Crippen LogP contribution in [0.1, 0.15) is 11.1 Å². The highest BCUT2D eigenvalue weighted by atomic mass is 16.3. The minimum atomic E-state index is -0.177. The molecule has 0 radical (unpaired) electrons. The van der Waals surface area contributed by atoms with Crippen molar-refractivity contribution in [3.63, 3.8) is 0 Å². The van der Waals surface area contributed by atoms with Crippen molar-refractivity contribution in [3.05, 3.63) is 47.5 Å². The molecule has 0 atom stereocenters. The van der Waals surface area contributed by atoms with E-state index in [1.165, 1.54) is 6.07 Å². The van der Waals surface area contributed by atoms with Crippen LogP contribution >= 0.6 is 0 Å². The minimum absolute atomic E-state index is 0.0642. The van der Waals surface area contributed by atoms with Crippen LogP contribution in [0.25, 0.3) is 27.6 Å². The van der Waals surface area contributed by atoms with E-state index in [0.717, 1.165) is 28.3 Å². The Morgan fingerprint density at radius 2 is 1.60 bits per heavy atom. The van der Waals surface area contributed by atoms with Gasteiger partial charge in [0.05, 0.1) is 0 Å². The zero-order valence-corrected chi connectivity index (χ0v) is 10.6. The number of phenolic OH excluding ortho intramolecular Hbond substituents is 3. The van der Waals surface area contributed by atoms with Crippen LogP contribution in [0, 0.1) is 0 Å². The van der Waals surface area contributed by atoms with Gasteiger partial charge in [-0.3, -0.25) is 0 Å². The molecule has 3 nitrogen and oxygen atoms in total. The van der Waals surface area contributed by atoms with Gasteiger partial charge in [-0.05, 0) is 46.5 Å². The Morgan fingerprint density at radius 1 is 0.800 bits per heavy atom. The second-order valence-corrected chi connectivity index (χ2v) is 5.09. The van der Waals surface area contributed by atoms with Gasteiger partial charge in [0.1, 0.15) is 5.75 Å². The molecular weight excluding hydrogens is 252 g/mol. The maximum Gasteiger partial charge on any atom is 0.166 e. The van der Waals surface area contributed by atoms with Crippen LogP contribution in [-0.4, -0.2) is 15.3 Å². The first-order valence-electron chi connectivity index (χ1n) is 6.45. The monoisotopic (exact) mass is 264 g/mol. The second-order valence-electron chi connectivity index (χ2n) is 5.09. The molecule has 0 bridgehead atoms. The molecule has 98 valence electrons. The van der Waals surface area contributed by atoms with Crippen LogP contribution < -0.4 is 0 Å². The Bertz CT molecular complexity index is 907. The van der Waals surface area contributed by atoms with Crippen LogP contribution in [0.3, 0.4) is 0 Å². The van der Waals surface area contributed by atoms with Crippen molar-refractivity contribution >= 4 is 27.6 Å². The van der Waals surface area contributed by atoms with E-state index in [4.69, 9.17) is 0 Å². The first kappa shape index (κ1) is 11.2. The molecule has 0 aromatic heterocycles. The largest absolute Gasteiger partial charge is 0.508 e. The van der Waals surface area contributed by atoms with Crippen LogP contribution in [-0.2, 0) is 6.42 Å². The average molecular weight is 264 g/mol. The zero-order chi connectivity index (χ0) is 13.9. The maximum absolute atomic E-state index is 10.4. The molecule has 3 aromatic rings. The van der Waals surface area contributed by atoms with E-state index in [9.17, 15) is 15.3 Å². The predicted molar refractivity (Wildman–Crippen MR) is 79.2 cm³/mol. The third-order valence-electron chi connectivity index (χ3n) is 3.98. The predicted octanol–water partition coefficient (Wildman–Crippen LogP) is 3.68. The molecule has 1 aliphatic carbocycles. The lowest BCUT2D eigenvalue weighted by Crippen LogP contribution is -1.88. The van der Waals surface area contributed by atoms with Crippen LogP contribution in [0.5, 0.6) is 17.2 Å². The van der Waals surface area contributed by atoms with E-state index in [1.807, 2.05) is 24.3 Å². The number of allylic oxidation sites excluding steroid dienone is 1. The summed E-state index contributed by atoms with van der Waals surface area (Å²) in [6, 6.07) is 8.78. The van der Waals surface area contributed by atoms with Crippen LogP contribution in [0.2, 0.25) is 0 Å². The number of phenols is 3. The first-order valence-corrected chi connectivity index (χ1v) is 6.45. The molecule has 1 aliphatic rings. The Balaban J connectivity index is 2.28. The Labute approximate surface area is 115 Å². The third-order valence-corrected chi connectivity index (χ3v) is 3.98. The van der Waals surface area contributed by atoms with Crippen molar-refractivity contribution < 1.29 is 15.3 Å². The standard InChI is InChI=1S/C17H12O3/c18-10-5-7-12-13-6-4-9-2-1-3-11(9)15(13)17(20)16(19)14(12)8-10/h1-2,4-8,18-20H,3H2. The molecule has 4 rings (SSSR count). The van der Waals surface area contributed by atoms with Gasteiger partial charge in [0, 0.05) is 10.8 Å². The number of rotatable bonds is 0. The number of hydrogen-bond acceptors (Lipinski definition) is 3. The van der Waals surface area contributed by atoms with Gasteiger partial charge in [0.25, 0.3) is 0 Å². The fourth-order valence-electron chi connectivity index (χ4n) is 3.05. The van der Waals surface area contributed by atoms with Crippen LogP contribution in [0.15, 0.2) is 36.4 Å². The van der Waals surface area contributed by atoms with E-state index in [-0.39, 0.29) is 17.2 Å². The van der Waals surface area contributed by atoms with Gasteiger partial charge in [0.15, 0.2) is 11.5 Å². The highest BCUT2D eigenvalue weighted by molar-refractivity contribution is 6.15. The summed E-state index contributed by atoms with van der Waals surface area (Å²) >= 11 is 0. The number of hydrogen-bond donors (Lipinski definition) is 3. The van der Waals surface area contributed by atoms with Crippen molar-refractivity contribution in [1.82, 2.24) is 0 Å². The molecule has 3 heteroatoms. The van der Waals surface area contributed by atoms with E-state index in [1.54, 1.807) is 12.1 Å². The van der Waals surface area contributed by atoms with Crippen molar-refractivity contribution in [1.29, 1.82) is 0 Å². The fourth-order valence-corrected chi connectivity index (χ4v) is 3.05. The van der Waals surface area contributed by atoms with Crippen molar-refractivity contribution in [2.75, 3.05) is 0 Å². The molecule has 20 heavy (non-hydrogen) atoms. The molecule has 0 saturated heterocycles. The van der Waals surface area contributed by atoms with Gasteiger partial charge in [-0.1, -0.05) is 24.3 Å². The van der Waals surface area contributed by atoms with Gasteiger partial charge in [-0.2, -0.15) is 0 Å². The van der Waals surface area contributed by atoms with Crippen LogP contribution in [0.4, 0.5) is 0 Å². The normalized spacial score (nSPS) is 13.2. The molecule has 3 N–H and O–H groups in total. The molecule has 0 aliphatic heterocycles. The zero-order valence-electron chi connectivity index (χ0n) is 10.6. The van der Waals surface area contributed by atoms with E-state index in [2.05, 4.69) is 0 Å². The van der Waals surface area contributed by atoms with Gasteiger partial charge in [-0.15, -0.1) is 0 Å². The summed E-state index contributed by atoms with van der Waals surface area (Å²) in [6.45, 7) is 0. The van der Waals surface area contributed by atoms with Gasteiger partial charge < -0.3 is 15.3 Å². The summed E-state index contributed by atoms with van der Waals surface area (Å²) in [5.41, 5.74) is 2.11. The Morgan fingerprint density at radius 3 is 2.45 bits per heavy atom. The number of benzene rings is 3. The lowest BCUT2D eigenvalue weighted by Gasteiger charge is -2.13. The minimum Gasteiger partial charge on any atom is -0.508 e. The molecule has 0 saturated carbocycles. The molecular formula is C17H12O3. The van der Waals surface area contributed by atoms with Gasteiger partial charge in [-0.25, -0.2) is 0 Å². The van der Waals surface area contributed by atoms with E-state index >= 15 is 0 Å². The number of fused-ring (bicyclic) bond motifs is 5. The maximum atomic E-state index is 10.4. The Kier molecular flexibility index (Phi) is 2.05. The topological polar surface area (TPSA) is 60.7 Å². The van der Waals surface area contributed by atoms with E-state index in [0.29, 0.717) is 10.8 Å². The van der Waals surface area contributed by atoms with Gasteiger partial charge >= 0.3 is 0 Å². The van der Waals surface area contributed by atoms with Gasteiger partial charge in [0.2, 0.25) is 0 Å². The summed E-state index contributed by atoms with van der Waals surface area (Å²) in [4.78, 5) is 0. The summed E-state index contributed by atoms with van der Waals surface area (Å²) in [5, 5.41) is 33.0. The van der Waals surface area contributed by atoms with E-state index < -0.39 is 0 Å². The average Bonchev–Trinajstić information content (AvgIpc) is 2.92. The highest BCUT2D eigenvalue weighted by Gasteiger charge is 2.19. The van der Waals surface area contributed by atoms with Crippen molar-refractivity contribution in [3.8, 4) is 17.2 Å². The molecule has 0 spiro atoms. The first-order chi connectivity index (χ1) is 9.66. The number of aromatic hydroxyl groups is 3.